The highest BCUT2D eigenvalue weighted by atomic mass is 16.6. The Hall–Kier alpha value is -3.55. The summed E-state index contributed by atoms with van der Waals surface area (Å²) >= 11 is 0. The lowest BCUT2D eigenvalue weighted by Gasteiger charge is -2.22. The molecule has 0 spiro atoms. The van der Waals surface area contributed by atoms with Gasteiger partial charge in [-0.15, -0.1) is 0 Å². The lowest BCUT2D eigenvalue weighted by Crippen LogP contribution is -2.34. The molecule has 26 heavy (non-hydrogen) atoms. The Morgan fingerprint density at radius 3 is 2.46 bits per heavy atom. The van der Waals surface area contributed by atoms with Crippen LogP contribution in [0.2, 0.25) is 0 Å². The van der Waals surface area contributed by atoms with Crippen LogP contribution < -0.4 is 5.01 Å². The van der Waals surface area contributed by atoms with Gasteiger partial charge in [-0.2, -0.15) is 5.10 Å². The lowest BCUT2D eigenvalue weighted by atomic mass is 10.1. The fourth-order valence-electron chi connectivity index (χ4n) is 2.42. The second kappa shape index (κ2) is 7.56. The molecule has 0 saturated carbocycles. The first kappa shape index (κ1) is 17.3. The van der Waals surface area contributed by atoms with Crippen LogP contribution in [0.1, 0.15) is 18.4 Å². The molecule has 0 saturated heterocycles. The van der Waals surface area contributed by atoms with E-state index in [1.807, 2.05) is 6.07 Å². The number of esters is 1. The van der Waals surface area contributed by atoms with E-state index in [0.717, 1.165) is 0 Å². The third-order valence-corrected chi connectivity index (χ3v) is 3.79. The van der Waals surface area contributed by atoms with Crippen LogP contribution in [0.25, 0.3) is 0 Å². The van der Waals surface area contributed by atoms with Crippen molar-refractivity contribution in [1.29, 1.82) is 0 Å². The molecule has 0 unspecified atom stereocenters. The molecule has 0 aliphatic carbocycles. The van der Waals surface area contributed by atoms with Crippen molar-refractivity contribution in [3.63, 3.8) is 0 Å². The molecule has 1 aliphatic rings. The van der Waals surface area contributed by atoms with Gasteiger partial charge in [0.2, 0.25) is 5.91 Å². The molecule has 0 radical (unpaired) electrons. The number of carbonyl (C=O) groups is 2. The zero-order chi connectivity index (χ0) is 18.5. The number of anilines is 1. The number of para-hydroxylation sites is 1. The number of ether oxygens (including phenoxy) is 1. The van der Waals surface area contributed by atoms with E-state index in [-0.39, 0.29) is 36.8 Å². The summed E-state index contributed by atoms with van der Waals surface area (Å²) in [5, 5.41) is 16.0. The van der Waals surface area contributed by atoms with Gasteiger partial charge in [0.05, 0.1) is 10.6 Å². The van der Waals surface area contributed by atoms with Crippen LogP contribution >= 0.6 is 0 Å². The largest absolute Gasteiger partial charge is 0.456 e. The van der Waals surface area contributed by atoms with Crippen molar-refractivity contribution in [2.75, 3.05) is 5.01 Å². The molecule has 1 aliphatic heterocycles. The summed E-state index contributed by atoms with van der Waals surface area (Å²) in [5.74, 6) is -0.806. The van der Waals surface area contributed by atoms with Crippen molar-refractivity contribution < 1.29 is 19.2 Å². The molecule has 2 aromatic rings. The highest BCUT2D eigenvalue weighted by Crippen LogP contribution is 2.20. The summed E-state index contributed by atoms with van der Waals surface area (Å²) in [6, 6.07) is 14.6. The SMILES string of the molecule is O=C(OCc1ccc([N+](=O)[O-])cc1)C1=NN(c2ccccc2)C(=O)CC1. The van der Waals surface area contributed by atoms with Crippen molar-refractivity contribution in [3.05, 3.63) is 70.3 Å². The number of hydrogen-bond acceptors (Lipinski definition) is 6. The molecule has 132 valence electrons. The highest BCUT2D eigenvalue weighted by Gasteiger charge is 2.26. The molecule has 1 amide bonds. The first-order valence-corrected chi connectivity index (χ1v) is 7.90. The average Bonchev–Trinajstić information content (AvgIpc) is 2.67. The Kier molecular flexibility index (Phi) is 5.02. The molecule has 0 fully saturated rings. The zero-order valence-corrected chi connectivity index (χ0v) is 13.7. The van der Waals surface area contributed by atoms with Crippen molar-refractivity contribution >= 4 is 29.0 Å². The normalized spacial score (nSPS) is 13.9. The standard InChI is InChI=1S/C18H15N3O5/c22-17-11-10-16(19-20(17)14-4-2-1-3-5-14)18(23)26-12-13-6-8-15(9-7-13)21(24)25/h1-9H,10-12H2. The van der Waals surface area contributed by atoms with Gasteiger partial charge in [-0.25, -0.2) is 9.80 Å². The molecule has 2 aromatic carbocycles. The number of benzene rings is 2. The predicted octanol–water partition coefficient (Wildman–Crippen LogP) is 2.82. The third-order valence-electron chi connectivity index (χ3n) is 3.79. The lowest BCUT2D eigenvalue weighted by molar-refractivity contribution is -0.384. The van der Waals surface area contributed by atoms with E-state index in [1.165, 1.54) is 29.3 Å². The number of hydrazone groups is 1. The smallest absolute Gasteiger partial charge is 0.354 e. The second-order valence-corrected chi connectivity index (χ2v) is 5.59. The van der Waals surface area contributed by atoms with Crippen LogP contribution in [0.4, 0.5) is 11.4 Å². The fourth-order valence-corrected chi connectivity index (χ4v) is 2.42. The second-order valence-electron chi connectivity index (χ2n) is 5.59. The summed E-state index contributed by atoms with van der Waals surface area (Å²) in [6.45, 7) is -0.0326. The Morgan fingerprint density at radius 2 is 1.81 bits per heavy atom. The predicted molar refractivity (Wildman–Crippen MR) is 93.5 cm³/mol. The maximum atomic E-state index is 12.2. The van der Waals surface area contributed by atoms with E-state index in [2.05, 4.69) is 5.10 Å². The summed E-state index contributed by atoms with van der Waals surface area (Å²) in [4.78, 5) is 34.4. The van der Waals surface area contributed by atoms with Gasteiger partial charge in [-0.1, -0.05) is 18.2 Å². The van der Waals surface area contributed by atoms with Crippen molar-refractivity contribution in [3.8, 4) is 0 Å². The summed E-state index contributed by atoms with van der Waals surface area (Å²) in [5.41, 5.74) is 1.33. The van der Waals surface area contributed by atoms with E-state index in [0.29, 0.717) is 11.3 Å². The first-order valence-electron chi connectivity index (χ1n) is 7.90. The zero-order valence-electron chi connectivity index (χ0n) is 13.7. The van der Waals surface area contributed by atoms with Crippen molar-refractivity contribution in [2.24, 2.45) is 5.10 Å². The van der Waals surface area contributed by atoms with Crippen molar-refractivity contribution in [2.45, 2.75) is 19.4 Å². The van der Waals surface area contributed by atoms with E-state index in [9.17, 15) is 19.7 Å². The average molecular weight is 353 g/mol. The summed E-state index contributed by atoms with van der Waals surface area (Å²) in [7, 11) is 0. The van der Waals surface area contributed by atoms with Gasteiger partial charge < -0.3 is 4.74 Å². The number of carbonyl (C=O) groups excluding carboxylic acids is 2. The van der Waals surface area contributed by atoms with Gasteiger partial charge >= 0.3 is 5.97 Å². The number of amides is 1. The van der Waals surface area contributed by atoms with Gasteiger partial charge in [0.1, 0.15) is 12.3 Å². The van der Waals surface area contributed by atoms with E-state index >= 15 is 0 Å². The number of non-ortho nitro benzene ring substituents is 1. The van der Waals surface area contributed by atoms with Gasteiger partial charge in [0.25, 0.3) is 5.69 Å². The number of rotatable bonds is 5. The third kappa shape index (κ3) is 3.92. The van der Waals surface area contributed by atoms with Gasteiger partial charge in [-0.05, 0) is 29.8 Å². The molecular formula is C18H15N3O5. The summed E-state index contributed by atoms with van der Waals surface area (Å²) in [6.07, 6.45) is 0.377. The molecular weight excluding hydrogens is 338 g/mol. The molecule has 1 heterocycles. The molecule has 0 atom stereocenters. The Morgan fingerprint density at radius 1 is 1.12 bits per heavy atom. The minimum Gasteiger partial charge on any atom is -0.456 e. The van der Waals surface area contributed by atoms with Gasteiger partial charge in [-0.3, -0.25) is 14.9 Å². The van der Waals surface area contributed by atoms with Crippen molar-refractivity contribution in [1.82, 2.24) is 0 Å². The highest BCUT2D eigenvalue weighted by molar-refractivity contribution is 6.37. The Bertz CT molecular complexity index is 862. The molecule has 0 aromatic heterocycles. The minimum atomic E-state index is -0.614. The minimum absolute atomic E-state index is 0.0326. The molecule has 0 bridgehead atoms. The maximum Gasteiger partial charge on any atom is 0.354 e. The maximum absolute atomic E-state index is 12.2. The molecule has 3 rings (SSSR count). The van der Waals surface area contributed by atoms with Crippen LogP contribution in [0.15, 0.2) is 59.7 Å². The topological polar surface area (TPSA) is 102 Å². The van der Waals surface area contributed by atoms with E-state index in [4.69, 9.17) is 4.74 Å². The first-order chi connectivity index (χ1) is 12.5. The number of nitrogens with zero attached hydrogens (tertiary/aromatic N) is 3. The Labute approximate surface area is 148 Å². The number of nitro groups is 1. The van der Waals surface area contributed by atoms with Crippen LogP contribution in [0.3, 0.4) is 0 Å². The number of nitro benzene ring substituents is 1. The van der Waals surface area contributed by atoms with E-state index in [1.54, 1.807) is 24.3 Å². The van der Waals surface area contributed by atoms with Crippen LogP contribution in [0, 0.1) is 10.1 Å². The summed E-state index contributed by atoms with van der Waals surface area (Å²) < 4.78 is 5.21. The number of hydrogen-bond donors (Lipinski definition) is 0. The van der Waals surface area contributed by atoms with Crippen LogP contribution in [0.5, 0.6) is 0 Å². The monoisotopic (exact) mass is 353 g/mol. The van der Waals surface area contributed by atoms with Crippen LogP contribution in [-0.2, 0) is 20.9 Å². The molecule has 0 N–H and O–H groups in total. The Balaban J connectivity index is 1.67. The fraction of sp³-hybridized carbons (Fsp3) is 0.167. The molecule has 8 heteroatoms. The quantitative estimate of drug-likeness (QED) is 0.467. The van der Waals surface area contributed by atoms with Crippen LogP contribution in [-0.4, -0.2) is 22.5 Å². The van der Waals surface area contributed by atoms with Gasteiger partial charge in [0, 0.05) is 25.0 Å². The van der Waals surface area contributed by atoms with Gasteiger partial charge in [0.15, 0.2) is 0 Å². The van der Waals surface area contributed by atoms with E-state index < -0.39 is 10.9 Å². The molecule has 8 nitrogen and oxygen atoms in total.